The number of carbonyl (C=O) groups is 2. The number of anilines is 1. The van der Waals surface area contributed by atoms with Crippen LogP contribution in [0.1, 0.15) is 37.4 Å². The predicted molar refractivity (Wildman–Crippen MR) is 91.2 cm³/mol. The van der Waals surface area contributed by atoms with Crippen LogP contribution in [0, 0.1) is 13.8 Å². The van der Waals surface area contributed by atoms with E-state index in [0.29, 0.717) is 5.16 Å². The Bertz CT molecular complexity index is 744. The van der Waals surface area contributed by atoms with Gasteiger partial charge in [-0.2, -0.15) is 0 Å². The van der Waals surface area contributed by atoms with Gasteiger partial charge in [-0.25, -0.2) is 14.8 Å². The molecule has 0 aliphatic rings. The van der Waals surface area contributed by atoms with Crippen LogP contribution in [-0.4, -0.2) is 34.1 Å². The number of hydrogen-bond acceptors (Lipinski definition) is 8. The highest BCUT2D eigenvalue weighted by atomic mass is 32.2. The molecule has 0 aliphatic heterocycles. The monoisotopic (exact) mass is 351 g/mol. The van der Waals surface area contributed by atoms with Crippen molar-refractivity contribution in [3.8, 4) is 0 Å². The third-order valence-corrected chi connectivity index (χ3v) is 4.79. The fourth-order valence-electron chi connectivity index (χ4n) is 1.93. The molecule has 0 spiro atoms. The van der Waals surface area contributed by atoms with Gasteiger partial charge in [-0.3, -0.25) is 4.79 Å². The van der Waals surface area contributed by atoms with Crippen molar-refractivity contribution in [3.05, 3.63) is 33.1 Å². The third kappa shape index (κ3) is 4.29. The van der Waals surface area contributed by atoms with Gasteiger partial charge < -0.3 is 10.5 Å². The van der Waals surface area contributed by atoms with Crippen LogP contribution in [0.4, 0.5) is 5.82 Å². The SMILES string of the molecule is CCOC(=O)c1cnc(SCC(=O)c2cc(C)sc2C)nc1N. The minimum absolute atomic E-state index is 0.0218. The maximum absolute atomic E-state index is 12.2. The molecule has 0 saturated heterocycles. The summed E-state index contributed by atoms with van der Waals surface area (Å²) in [5, 5.41) is 0.355. The number of nitrogen functional groups attached to an aromatic ring is 1. The minimum atomic E-state index is -0.554. The number of ether oxygens (including phenoxy) is 1. The van der Waals surface area contributed by atoms with Crippen LogP contribution < -0.4 is 5.73 Å². The summed E-state index contributed by atoms with van der Waals surface area (Å²) in [6, 6.07) is 1.89. The normalized spacial score (nSPS) is 10.6. The largest absolute Gasteiger partial charge is 0.462 e. The number of hydrogen-bond donors (Lipinski definition) is 1. The second-order valence-corrected chi connectivity index (χ2v) is 7.11. The fraction of sp³-hybridized carbons (Fsp3) is 0.333. The molecule has 0 saturated carbocycles. The van der Waals surface area contributed by atoms with Gasteiger partial charge >= 0.3 is 5.97 Å². The van der Waals surface area contributed by atoms with Crippen LogP contribution in [-0.2, 0) is 4.74 Å². The standard InChI is InChI=1S/C15H17N3O3S2/c1-4-21-14(20)11-6-17-15(18-13(11)16)22-7-12(19)10-5-8(2)23-9(10)3/h5-6H,4,7H2,1-3H3,(H2,16,17,18). The summed E-state index contributed by atoms with van der Waals surface area (Å²) in [7, 11) is 0. The molecule has 2 aromatic heterocycles. The number of aromatic nitrogens is 2. The van der Waals surface area contributed by atoms with E-state index in [1.165, 1.54) is 18.0 Å². The number of aryl methyl sites for hydroxylation is 2. The van der Waals surface area contributed by atoms with Crippen LogP contribution in [0.5, 0.6) is 0 Å². The third-order valence-electron chi connectivity index (χ3n) is 2.97. The lowest BCUT2D eigenvalue weighted by Gasteiger charge is -2.05. The lowest BCUT2D eigenvalue weighted by atomic mass is 10.2. The molecule has 2 rings (SSSR count). The number of ketones is 1. The van der Waals surface area contributed by atoms with Gasteiger partial charge in [0.05, 0.1) is 12.4 Å². The number of carbonyl (C=O) groups excluding carboxylic acids is 2. The van der Waals surface area contributed by atoms with Crippen LogP contribution in [0.15, 0.2) is 17.4 Å². The van der Waals surface area contributed by atoms with Crippen molar-refractivity contribution >= 4 is 40.7 Å². The van der Waals surface area contributed by atoms with Gasteiger partial charge in [0.15, 0.2) is 10.9 Å². The van der Waals surface area contributed by atoms with Crippen LogP contribution in [0.25, 0.3) is 0 Å². The van der Waals surface area contributed by atoms with Gasteiger partial charge in [0, 0.05) is 21.5 Å². The lowest BCUT2D eigenvalue weighted by molar-refractivity contribution is 0.0526. The second-order valence-electron chi connectivity index (χ2n) is 4.71. The number of nitrogens with zero attached hydrogens (tertiary/aromatic N) is 2. The van der Waals surface area contributed by atoms with Crippen molar-refractivity contribution in [3.63, 3.8) is 0 Å². The molecule has 0 atom stereocenters. The summed E-state index contributed by atoms with van der Waals surface area (Å²) in [5.74, 6) is -0.263. The van der Waals surface area contributed by atoms with E-state index < -0.39 is 5.97 Å². The molecule has 0 bridgehead atoms. The molecule has 8 heteroatoms. The van der Waals surface area contributed by atoms with Crippen LogP contribution in [0.3, 0.4) is 0 Å². The van der Waals surface area contributed by atoms with Crippen LogP contribution in [0.2, 0.25) is 0 Å². The highest BCUT2D eigenvalue weighted by molar-refractivity contribution is 7.99. The molecule has 2 heterocycles. The Morgan fingerprint density at radius 3 is 2.65 bits per heavy atom. The first-order chi connectivity index (χ1) is 10.9. The molecule has 0 unspecified atom stereocenters. The van der Waals surface area contributed by atoms with Crippen molar-refractivity contribution in [1.29, 1.82) is 0 Å². The topological polar surface area (TPSA) is 95.2 Å². The fourth-order valence-corrected chi connectivity index (χ4v) is 3.58. The average molecular weight is 351 g/mol. The summed E-state index contributed by atoms with van der Waals surface area (Å²) >= 11 is 2.79. The molecule has 6 nitrogen and oxygen atoms in total. The summed E-state index contributed by atoms with van der Waals surface area (Å²) in [6.45, 7) is 5.86. The maximum Gasteiger partial charge on any atom is 0.343 e. The Morgan fingerprint density at radius 1 is 1.35 bits per heavy atom. The highest BCUT2D eigenvalue weighted by Crippen LogP contribution is 2.24. The number of thioether (sulfide) groups is 1. The van der Waals surface area contributed by atoms with E-state index in [1.807, 2.05) is 19.9 Å². The molecule has 0 fully saturated rings. The minimum Gasteiger partial charge on any atom is -0.462 e. The van der Waals surface area contributed by atoms with Crippen molar-refractivity contribution in [1.82, 2.24) is 9.97 Å². The van der Waals surface area contributed by atoms with Crippen molar-refractivity contribution in [2.24, 2.45) is 0 Å². The molecule has 0 amide bonds. The zero-order chi connectivity index (χ0) is 17.0. The first-order valence-corrected chi connectivity index (χ1v) is 8.75. The van der Waals surface area contributed by atoms with Gasteiger partial charge in [0.1, 0.15) is 11.4 Å². The van der Waals surface area contributed by atoms with Gasteiger partial charge in [0.2, 0.25) is 0 Å². The van der Waals surface area contributed by atoms with E-state index in [1.54, 1.807) is 18.3 Å². The zero-order valence-electron chi connectivity index (χ0n) is 13.1. The second kappa shape index (κ2) is 7.56. The average Bonchev–Trinajstić information content (AvgIpc) is 2.83. The quantitative estimate of drug-likeness (QED) is 0.370. The lowest BCUT2D eigenvalue weighted by Crippen LogP contribution is -2.11. The summed E-state index contributed by atoms with van der Waals surface area (Å²) in [6.07, 6.45) is 1.33. The van der Waals surface area contributed by atoms with Gasteiger partial charge in [-0.1, -0.05) is 11.8 Å². The molecule has 0 aliphatic carbocycles. The number of esters is 1. The van der Waals surface area contributed by atoms with E-state index in [9.17, 15) is 9.59 Å². The number of nitrogens with two attached hydrogens (primary N) is 1. The predicted octanol–water partition coefficient (Wildman–Crippen LogP) is 2.89. The Hall–Kier alpha value is -1.93. The van der Waals surface area contributed by atoms with Crippen LogP contribution >= 0.6 is 23.1 Å². The number of thiophene rings is 1. The number of Topliss-reactive ketones (excluding diaryl/α,β-unsaturated/α-hetero) is 1. The van der Waals surface area contributed by atoms with E-state index in [0.717, 1.165) is 15.3 Å². The Kier molecular flexibility index (Phi) is 5.73. The van der Waals surface area contributed by atoms with Gasteiger partial charge in [-0.15, -0.1) is 11.3 Å². The maximum atomic E-state index is 12.2. The van der Waals surface area contributed by atoms with Crippen molar-refractivity contribution in [2.45, 2.75) is 25.9 Å². The van der Waals surface area contributed by atoms with Gasteiger partial charge in [-0.05, 0) is 26.8 Å². The summed E-state index contributed by atoms with van der Waals surface area (Å²) < 4.78 is 4.86. The molecule has 122 valence electrons. The Morgan fingerprint density at radius 2 is 2.09 bits per heavy atom. The first kappa shape index (κ1) is 17.4. The molecule has 0 radical (unpaired) electrons. The van der Waals surface area contributed by atoms with Crippen molar-refractivity contribution < 1.29 is 14.3 Å². The van der Waals surface area contributed by atoms with E-state index in [-0.39, 0.29) is 29.5 Å². The molecular formula is C15H17N3O3S2. The Labute approximate surface area is 142 Å². The Balaban J connectivity index is 2.04. The summed E-state index contributed by atoms with van der Waals surface area (Å²) in [4.78, 5) is 34.1. The summed E-state index contributed by atoms with van der Waals surface area (Å²) in [5.41, 5.74) is 6.61. The molecule has 23 heavy (non-hydrogen) atoms. The number of rotatable bonds is 6. The molecule has 0 aromatic carbocycles. The van der Waals surface area contributed by atoms with E-state index in [2.05, 4.69) is 9.97 Å². The first-order valence-electron chi connectivity index (χ1n) is 6.95. The van der Waals surface area contributed by atoms with E-state index >= 15 is 0 Å². The van der Waals surface area contributed by atoms with Crippen molar-refractivity contribution in [2.75, 3.05) is 18.1 Å². The molecular weight excluding hydrogens is 334 g/mol. The smallest absolute Gasteiger partial charge is 0.343 e. The van der Waals surface area contributed by atoms with E-state index in [4.69, 9.17) is 10.5 Å². The zero-order valence-corrected chi connectivity index (χ0v) is 14.7. The molecule has 2 N–H and O–H groups in total. The molecule has 2 aromatic rings. The van der Waals surface area contributed by atoms with Gasteiger partial charge in [0.25, 0.3) is 0 Å². The highest BCUT2D eigenvalue weighted by Gasteiger charge is 2.16.